The number of amides is 1. The van der Waals surface area contributed by atoms with Crippen molar-refractivity contribution in [2.45, 2.75) is 31.2 Å². The maximum Gasteiger partial charge on any atom is 0.271 e. The lowest BCUT2D eigenvalue weighted by molar-refractivity contribution is -0.125. The highest BCUT2D eigenvalue weighted by Gasteiger charge is 2.42. The lowest BCUT2D eigenvalue weighted by Crippen LogP contribution is -2.52. The van der Waals surface area contributed by atoms with Crippen molar-refractivity contribution in [3.63, 3.8) is 0 Å². The third-order valence-electron chi connectivity index (χ3n) is 3.89. The van der Waals surface area contributed by atoms with Gasteiger partial charge in [-0.3, -0.25) is 4.79 Å². The van der Waals surface area contributed by atoms with Crippen molar-refractivity contribution in [2.75, 3.05) is 6.26 Å². The predicted molar refractivity (Wildman–Crippen MR) is 110 cm³/mol. The summed E-state index contributed by atoms with van der Waals surface area (Å²) in [5, 5.41) is 11.6. The number of carbonyl (C=O) groups excluding carboxylic acids is 1. The number of thioether (sulfide) groups is 1. The van der Waals surface area contributed by atoms with Gasteiger partial charge >= 0.3 is 0 Å². The van der Waals surface area contributed by atoms with Gasteiger partial charge in [0.25, 0.3) is 5.91 Å². The number of hydrogen-bond donors (Lipinski definition) is 1. The van der Waals surface area contributed by atoms with Crippen LogP contribution in [0.15, 0.2) is 54.6 Å². The van der Waals surface area contributed by atoms with E-state index in [0.29, 0.717) is 0 Å². The molecule has 0 saturated carbocycles. The monoisotopic (exact) mass is 378 g/mol. The fraction of sp³-hybridized carbons (Fsp3) is 0.286. The third-order valence-corrected chi connectivity index (χ3v) is 4.94. The van der Waals surface area contributed by atoms with Crippen molar-refractivity contribution < 1.29 is 4.79 Å². The maximum atomic E-state index is 13.4. The maximum absolute atomic E-state index is 13.4. The molecule has 6 heteroatoms. The van der Waals surface area contributed by atoms with E-state index < -0.39 is 10.4 Å². The number of aromatic nitrogens is 3. The number of nitrogens with zero attached hydrogens (tertiary/aromatic N) is 3. The summed E-state index contributed by atoms with van der Waals surface area (Å²) in [6.07, 6.45) is 1.86. The minimum absolute atomic E-state index is 0.221. The Morgan fingerprint density at radius 3 is 2.41 bits per heavy atom. The van der Waals surface area contributed by atoms with Crippen LogP contribution in [0.3, 0.4) is 0 Å². The van der Waals surface area contributed by atoms with Gasteiger partial charge in [0.15, 0.2) is 0 Å². The summed E-state index contributed by atoms with van der Waals surface area (Å²) in [7, 11) is 0. The quantitative estimate of drug-likeness (QED) is 0.710. The van der Waals surface area contributed by atoms with Gasteiger partial charge in [-0.2, -0.15) is 0 Å². The highest BCUT2D eigenvalue weighted by Crippen LogP contribution is 2.32. The Morgan fingerprint density at radius 2 is 1.74 bits per heavy atom. The molecule has 27 heavy (non-hydrogen) atoms. The molecule has 0 bridgehead atoms. The highest BCUT2D eigenvalue weighted by atomic mass is 32.2. The molecule has 1 atom stereocenters. The Morgan fingerprint density at radius 1 is 1.07 bits per heavy atom. The molecule has 1 amide bonds. The van der Waals surface area contributed by atoms with Crippen molar-refractivity contribution in [3.8, 4) is 11.8 Å². The van der Waals surface area contributed by atoms with Crippen molar-refractivity contribution >= 4 is 28.7 Å². The summed E-state index contributed by atoms with van der Waals surface area (Å²) in [6.45, 7) is 5.83. The zero-order chi connectivity index (χ0) is 19.5. The van der Waals surface area contributed by atoms with Crippen molar-refractivity contribution in [2.24, 2.45) is 0 Å². The van der Waals surface area contributed by atoms with Crippen LogP contribution in [0.1, 0.15) is 26.3 Å². The second-order valence-corrected chi connectivity index (χ2v) is 8.16. The first kappa shape index (κ1) is 19.0. The summed E-state index contributed by atoms with van der Waals surface area (Å²) in [5.74, 6) is 6.09. The first-order valence-corrected chi connectivity index (χ1v) is 9.85. The van der Waals surface area contributed by atoms with E-state index in [1.807, 2.05) is 81.6 Å². The predicted octanol–water partition coefficient (Wildman–Crippen LogP) is 3.41. The summed E-state index contributed by atoms with van der Waals surface area (Å²) in [4.78, 5) is 12.1. The van der Waals surface area contributed by atoms with Crippen molar-refractivity contribution in [1.29, 1.82) is 0 Å². The molecule has 138 valence electrons. The lowest BCUT2D eigenvalue weighted by Gasteiger charge is -2.30. The van der Waals surface area contributed by atoms with E-state index in [9.17, 15) is 4.79 Å². The first-order chi connectivity index (χ1) is 12.9. The number of rotatable bonds is 3. The Bertz CT molecular complexity index is 1010. The van der Waals surface area contributed by atoms with Crippen LogP contribution in [-0.2, 0) is 9.67 Å². The second-order valence-electron chi connectivity index (χ2n) is 7.16. The number of fused-ring (bicyclic) bond motifs is 1. The summed E-state index contributed by atoms with van der Waals surface area (Å²) >= 11 is 1.33. The third kappa shape index (κ3) is 3.99. The fourth-order valence-corrected chi connectivity index (χ4v) is 3.34. The number of nitrogens with one attached hydrogen (secondary N) is 1. The van der Waals surface area contributed by atoms with Gasteiger partial charge < -0.3 is 5.32 Å². The zero-order valence-electron chi connectivity index (χ0n) is 15.9. The molecular weight excluding hydrogens is 356 g/mol. The molecule has 1 N–H and O–H groups in total. The Kier molecular flexibility index (Phi) is 5.24. The summed E-state index contributed by atoms with van der Waals surface area (Å²) < 4.78 is 1.62. The van der Waals surface area contributed by atoms with E-state index in [1.165, 1.54) is 11.8 Å². The molecule has 0 aliphatic rings. The first-order valence-electron chi connectivity index (χ1n) is 8.63. The molecule has 3 rings (SSSR count). The molecule has 5 nitrogen and oxygen atoms in total. The second kappa shape index (κ2) is 7.45. The molecule has 1 unspecified atom stereocenters. The molecule has 1 heterocycles. The highest BCUT2D eigenvalue weighted by molar-refractivity contribution is 8.00. The van der Waals surface area contributed by atoms with Crippen LogP contribution in [-0.4, -0.2) is 32.7 Å². The van der Waals surface area contributed by atoms with Gasteiger partial charge in [-0.05, 0) is 57.2 Å². The molecule has 0 radical (unpaired) electrons. The van der Waals surface area contributed by atoms with Gasteiger partial charge in [0.2, 0.25) is 4.87 Å². The molecule has 0 fully saturated rings. The van der Waals surface area contributed by atoms with E-state index in [2.05, 4.69) is 27.5 Å². The SMILES string of the molecule is CSC(C#Cc1ccccc1)(C(=O)NC(C)(C)C)n1nnc2ccccc21. The molecular formula is C21H22N4OS. The standard InChI is InChI=1S/C21H22N4OS/c1-20(2,3)22-19(26)21(27-4,15-14-16-10-6-5-7-11-16)25-18-13-9-8-12-17(18)23-24-25/h5-13H,1-4H3,(H,22,26). The normalized spacial score (nSPS) is 13.5. The Labute approximate surface area is 163 Å². The van der Waals surface area contributed by atoms with Crippen LogP contribution in [0.2, 0.25) is 0 Å². The molecule has 0 saturated heterocycles. The molecule has 3 aromatic rings. The van der Waals surface area contributed by atoms with Gasteiger partial charge in [0, 0.05) is 11.1 Å². The van der Waals surface area contributed by atoms with E-state index in [1.54, 1.807) is 4.68 Å². The van der Waals surface area contributed by atoms with E-state index in [0.717, 1.165) is 16.6 Å². The molecule has 2 aromatic carbocycles. The van der Waals surface area contributed by atoms with Gasteiger partial charge in [0.1, 0.15) is 5.52 Å². The summed E-state index contributed by atoms with van der Waals surface area (Å²) in [5.41, 5.74) is 1.92. The number of benzene rings is 2. The minimum Gasteiger partial charge on any atom is -0.348 e. The smallest absolute Gasteiger partial charge is 0.271 e. The van der Waals surface area contributed by atoms with Gasteiger partial charge in [0.05, 0.1) is 5.52 Å². The molecule has 0 spiro atoms. The van der Waals surface area contributed by atoms with E-state index in [-0.39, 0.29) is 5.91 Å². The van der Waals surface area contributed by atoms with Crippen LogP contribution < -0.4 is 5.32 Å². The summed E-state index contributed by atoms with van der Waals surface area (Å²) in [6, 6.07) is 17.2. The number of para-hydroxylation sites is 1. The van der Waals surface area contributed by atoms with Crippen LogP contribution in [0.25, 0.3) is 11.0 Å². The van der Waals surface area contributed by atoms with Crippen molar-refractivity contribution in [3.05, 3.63) is 60.2 Å². The molecule has 1 aromatic heterocycles. The van der Waals surface area contributed by atoms with Crippen LogP contribution in [0.4, 0.5) is 0 Å². The number of hydrogen-bond acceptors (Lipinski definition) is 4. The van der Waals surface area contributed by atoms with Crippen molar-refractivity contribution in [1.82, 2.24) is 20.3 Å². The Balaban J connectivity index is 2.19. The average molecular weight is 379 g/mol. The lowest BCUT2D eigenvalue weighted by atomic mass is 10.1. The van der Waals surface area contributed by atoms with Gasteiger partial charge in [-0.15, -0.1) is 16.9 Å². The minimum atomic E-state index is -1.24. The van der Waals surface area contributed by atoms with E-state index in [4.69, 9.17) is 0 Å². The van der Waals surface area contributed by atoms with Crippen LogP contribution in [0.5, 0.6) is 0 Å². The largest absolute Gasteiger partial charge is 0.348 e. The van der Waals surface area contributed by atoms with Crippen LogP contribution in [0, 0.1) is 11.8 Å². The Hall–Kier alpha value is -2.78. The van der Waals surface area contributed by atoms with Crippen LogP contribution >= 0.6 is 11.8 Å². The zero-order valence-corrected chi connectivity index (χ0v) is 16.7. The van der Waals surface area contributed by atoms with Gasteiger partial charge in [-0.1, -0.05) is 41.5 Å². The molecule has 0 aliphatic carbocycles. The fourth-order valence-electron chi connectivity index (χ4n) is 2.64. The number of carbonyl (C=O) groups is 1. The average Bonchev–Trinajstić information content (AvgIpc) is 3.07. The topological polar surface area (TPSA) is 59.8 Å². The van der Waals surface area contributed by atoms with Gasteiger partial charge in [-0.25, -0.2) is 4.68 Å². The molecule has 0 aliphatic heterocycles. The van der Waals surface area contributed by atoms with E-state index >= 15 is 0 Å².